The number of rotatable bonds is 6. The van der Waals surface area contributed by atoms with Crippen LogP contribution in [0.3, 0.4) is 0 Å². The highest BCUT2D eigenvalue weighted by molar-refractivity contribution is 6.09. The molecular formula is C27H26N4. The molecule has 1 aromatic heterocycles. The maximum atomic E-state index is 5.81. The zero-order valence-electron chi connectivity index (χ0n) is 17.6. The minimum Gasteiger partial charge on any atom is -0.404 e. The molecule has 0 radical (unpaired) electrons. The molecule has 0 fully saturated rings. The molecule has 0 bridgehead atoms. The van der Waals surface area contributed by atoms with E-state index in [-0.39, 0.29) is 5.92 Å². The van der Waals surface area contributed by atoms with Crippen LogP contribution >= 0.6 is 0 Å². The van der Waals surface area contributed by atoms with E-state index in [1.54, 1.807) is 18.6 Å². The fourth-order valence-corrected chi connectivity index (χ4v) is 3.74. The molecule has 154 valence electrons. The molecule has 0 spiro atoms. The third kappa shape index (κ3) is 5.23. The highest BCUT2D eigenvalue weighted by Gasteiger charge is 2.14. The highest BCUT2D eigenvalue weighted by atomic mass is 14.9. The Morgan fingerprint density at radius 1 is 1.10 bits per heavy atom. The number of benzene rings is 2. The summed E-state index contributed by atoms with van der Waals surface area (Å²) < 4.78 is 0. The van der Waals surface area contributed by atoms with E-state index in [0.29, 0.717) is 6.54 Å². The van der Waals surface area contributed by atoms with Crippen molar-refractivity contribution in [1.29, 1.82) is 0 Å². The van der Waals surface area contributed by atoms with E-state index in [4.69, 9.17) is 5.73 Å². The Hall–Kier alpha value is -3.79. The second-order valence-corrected chi connectivity index (χ2v) is 7.63. The fraction of sp³-hybridized carbons (Fsp3) is 0.148. The molecule has 1 aliphatic carbocycles. The van der Waals surface area contributed by atoms with Crippen LogP contribution in [0.15, 0.2) is 96.4 Å². The van der Waals surface area contributed by atoms with Crippen molar-refractivity contribution in [3.05, 3.63) is 119 Å². The van der Waals surface area contributed by atoms with Crippen LogP contribution in [0.5, 0.6) is 0 Å². The summed E-state index contributed by atoms with van der Waals surface area (Å²) in [5.74, 6) is 1.11. The van der Waals surface area contributed by atoms with Gasteiger partial charge in [-0.3, -0.25) is 4.99 Å². The molecule has 31 heavy (non-hydrogen) atoms. The topological polar surface area (TPSA) is 64.2 Å². The van der Waals surface area contributed by atoms with Gasteiger partial charge >= 0.3 is 0 Å². The molecule has 1 aliphatic rings. The Labute approximate surface area is 183 Å². The van der Waals surface area contributed by atoms with E-state index >= 15 is 0 Å². The second-order valence-electron chi connectivity index (χ2n) is 7.63. The first-order chi connectivity index (χ1) is 15.2. The number of aliphatic imine (C=N–C) groups is 1. The predicted octanol–water partition coefficient (Wildman–Crippen LogP) is 5.48. The van der Waals surface area contributed by atoms with Gasteiger partial charge < -0.3 is 5.73 Å². The molecule has 2 N–H and O–H groups in total. The largest absolute Gasteiger partial charge is 0.404 e. The molecule has 1 unspecified atom stereocenters. The van der Waals surface area contributed by atoms with Crippen LogP contribution in [0, 0.1) is 6.92 Å². The molecule has 3 aromatic rings. The average Bonchev–Trinajstić information content (AvgIpc) is 2.83. The number of hydrogen-bond donors (Lipinski definition) is 1. The van der Waals surface area contributed by atoms with Gasteiger partial charge in [0, 0.05) is 36.3 Å². The molecule has 0 amide bonds. The molecule has 4 heteroatoms. The zero-order chi connectivity index (χ0) is 21.5. The van der Waals surface area contributed by atoms with Crippen LogP contribution in [0.4, 0.5) is 0 Å². The van der Waals surface area contributed by atoms with Crippen molar-refractivity contribution in [3.8, 4) is 0 Å². The van der Waals surface area contributed by atoms with Gasteiger partial charge in [-0.15, -0.1) is 0 Å². The maximum Gasteiger partial charge on any atom is 0.135 e. The molecule has 4 rings (SSSR count). The van der Waals surface area contributed by atoms with Crippen LogP contribution in [0.1, 0.15) is 40.4 Å². The number of nitrogens with zero attached hydrogens (tertiary/aromatic N) is 3. The lowest BCUT2D eigenvalue weighted by atomic mass is 9.91. The Morgan fingerprint density at radius 2 is 1.90 bits per heavy atom. The first-order valence-electron chi connectivity index (χ1n) is 10.5. The van der Waals surface area contributed by atoms with Crippen molar-refractivity contribution < 1.29 is 0 Å². The summed E-state index contributed by atoms with van der Waals surface area (Å²) in [5, 5.41) is 0. The van der Waals surface area contributed by atoms with Gasteiger partial charge in [-0.2, -0.15) is 0 Å². The quantitative estimate of drug-likeness (QED) is 0.551. The lowest BCUT2D eigenvalue weighted by Crippen LogP contribution is -2.03. The Kier molecular flexibility index (Phi) is 6.48. The summed E-state index contributed by atoms with van der Waals surface area (Å²) in [5.41, 5.74) is 12.6. The van der Waals surface area contributed by atoms with Crippen LogP contribution in [-0.4, -0.2) is 16.2 Å². The summed E-state index contributed by atoms with van der Waals surface area (Å²) in [6.45, 7) is 2.73. The Morgan fingerprint density at radius 3 is 2.61 bits per heavy atom. The summed E-state index contributed by atoms with van der Waals surface area (Å²) in [6, 6.07) is 18.5. The molecular weight excluding hydrogens is 380 g/mol. The van der Waals surface area contributed by atoms with Crippen molar-refractivity contribution in [3.63, 3.8) is 0 Å². The predicted molar refractivity (Wildman–Crippen MR) is 128 cm³/mol. The van der Waals surface area contributed by atoms with Gasteiger partial charge in [0.2, 0.25) is 0 Å². The number of allylic oxidation sites excluding steroid dienone is 5. The van der Waals surface area contributed by atoms with Gasteiger partial charge in [-0.05, 0) is 47.7 Å². The monoisotopic (exact) mass is 406 g/mol. The van der Waals surface area contributed by atoms with Gasteiger partial charge in [0.15, 0.2) is 0 Å². The smallest absolute Gasteiger partial charge is 0.135 e. The summed E-state index contributed by atoms with van der Waals surface area (Å²) in [7, 11) is 0. The zero-order valence-corrected chi connectivity index (χ0v) is 17.6. The highest BCUT2D eigenvalue weighted by Crippen LogP contribution is 2.29. The lowest BCUT2D eigenvalue weighted by molar-refractivity contribution is 0.773. The van der Waals surface area contributed by atoms with E-state index in [9.17, 15) is 0 Å². The summed E-state index contributed by atoms with van der Waals surface area (Å²) >= 11 is 0. The summed E-state index contributed by atoms with van der Waals surface area (Å²) in [4.78, 5) is 13.4. The molecule has 0 aliphatic heterocycles. The number of aryl methyl sites for hydroxylation is 1. The van der Waals surface area contributed by atoms with Gasteiger partial charge in [-0.1, -0.05) is 66.3 Å². The molecule has 1 atom stereocenters. The molecule has 2 aromatic carbocycles. The summed E-state index contributed by atoms with van der Waals surface area (Å²) in [6.07, 6.45) is 14.6. The standard InChI is InChI=1S/C27H26N4/c1-20-14-21(18-29-19-26(17-28)22-6-3-2-4-7-22)16-25(15-20)23-8-10-24(11-9-23)27-30-12-5-13-31-27/h2-10,12-17,19,24H,11,18,28H2,1H3/b26-17+,29-19-. The molecule has 1 heterocycles. The van der Waals surface area contributed by atoms with Crippen molar-refractivity contribution >= 4 is 17.4 Å². The minimum atomic E-state index is 0.235. The van der Waals surface area contributed by atoms with Gasteiger partial charge in [0.05, 0.1) is 6.54 Å². The van der Waals surface area contributed by atoms with Crippen molar-refractivity contribution in [1.82, 2.24) is 9.97 Å². The first-order valence-corrected chi connectivity index (χ1v) is 10.5. The molecule has 0 saturated carbocycles. The van der Waals surface area contributed by atoms with E-state index in [0.717, 1.165) is 23.4 Å². The molecule has 4 nitrogen and oxygen atoms in total. The third-order valence-electron chi connectivity index (χ3n) is 5.28. The normalized spacial score (nSPS) is 16.5. The van der Waals surface area contributed by atoms with Crippen LogP contribution in [0.2, 0.25) is 0 Å². The van der Waals surface area contributed by atoms with Crippen molar-refractivity contribution in [2.45, 2.75) is 25.8 Å². The van der Waals surface area contributed by atoms with Crippen molar-refractivity contribution in [2.75, 3.05) is 0 Å². The first kappa shape index (κ1) is 20.5. The lowest BCUT2D eigenvalue weighted by Gasteiger charge is -2.16. The van der Waals surface area contributed by atoms with E-state index < -0.39 is 0 Å². The average molecular weight is 407 g/mol. The SMILES string of the molecule is Cc1cc(C/N=C\C(=C/N)c2ccccc2)cc(C2=CCC(c3ncccn3)C=C2)c1. The maximum absolute atomic E-state index is 5.81. The van der Waals surface area contributed by atoms with Gasteiger partial charge in [0.25, 0.3) is 0 Å². The van der Waals surface area contributed by atoms with E-state index in [1.807, 2.05) is 42.6 Å². The van der Waals surface area contributed by atoms with E-state index in [1.165, 1.54) is 22.3 Å². The van der Waals surface area contributed by atoms with Crippen LogP contribution in [-0.2, 0) is 6.54 Å². The fourth-order valence-electron chi connectivity index (χ4n) is 3.74. The second kappa shape index (κ2) is 9.81. The Bertz CT molecular complexity index is 1140. The Balaban J connectivity index is 1.47. The van der Waals surface area contributed by atoms with Gasteiger partial charge in [0.1, 0.15) is 5.82 Å². The van der Waals surface area contributed by atoms with Crippen LogP contribution in [0.25, 0.3) is 11.1 Å². The van der Waals surface area contributed by atoms with Crippen LogP contribution < -0.4 is 5.73 Å². The van der Waals surface area contributed by atoms with Crippen molar-refractivity contribution in [2.24, 2.45) is 10.7 Å². The number of nitrogens with two attached hydrogens (primary N) is 1. The minimum absolute atomic E-state index is 0.235. The number of hydrogen-bond acceptors (Lipinski definition) is 4. The van der Waals surface area contributed by atoms with Gasteiger partial charge in [-0.25, -0.2) is 9.97 Å². The third-order valence-corrected chi connectivity index (χ3v) is 5.28. The number of aromatic nitrogens is 2. The van der Waals surface area contributed by atoms with E-state index in [2.05, 4.69) is 58.3 Å². The molecule has 0 saturated heterocycles.